The Hall–Kier alpha value is -1.50. The summed E-state index contributed by atoms with van der Waals surface area (Å²) < 4.78 is 5.30. The molecule has 120 valence electrons. The van der Waals surface area contributed by atoms with Gasteiger partial charge in [0.15, 0.2) is 5.96 Å². The molecule has 0 unspecified atom stereocenters. The molecule has 5 heteroatoms. The van der Waals surface area contributed by atoms with Crippen molar-refractivity contribution in [3.05, 3.63) is 58.5 Å². The number of halogens is 1. The summed E-state index contributed by atoms with van der Waals surface area (Å²) in [5.74, 6) is 1.66. The lowest BCUT2D eigenvalue weighted by Crippen LogP contribution is -2.36. The highest BCUT2D eigenvalue weighted by Crippen LogP contribution is 2.15. The zero-order valence-corrected chi connectivity index (χ0v) is 15.9. The normalized spacial score (nSPS) is 11.0. The highest BCUT2D eigenvalue weighted by atomic mass is 127. The monoisotopic (exact) mass is 413 g/mol. The number of benzene rings is 1. The molecule has 2 N–H and O–H groups in total. The number of guanidine groups is 1. The SMILES string of the molecule is CN=C(NCc1ccco1)NCc1c(C)cc(C)cc1C.I. The topological polar surface area (TPSA) is 49.6 Å². The second-order valence-electron chi connectivity index (χ2n) is 5.24. The van der Waals surface area contributed by atoms with Gasteiger partial charge in [0.25, 0.3) is 0 Å². The molecule has 0 aliphatic rings. The number of furan rings is 1. The molecule has 0 aliphatic heterocycles. The maximum absolute atomic E-state index is 5.30. The molecule has 1 aromatic heterocycles. The van der Waals surface area contributed by atoms with Crippen LogP contribution in [0.3, 0.4) is 0 Å². The third kappa shape index (κ3) is 5.05. The van der Waals surface area contributed by atoms with Crippen LogP contribution >= 0.6 is 24.0 Å². The van der Waals surface area contributed by atoms with Gasteiger partial charge in [0, 0.05) is 13.6 Å². The lowest BCUT2D eigenvalue weighted by molar-refractivity contribution is 0.501. The predicted molar refractivity (Wildman–Crippen MR) is 102 cm³/mol. The summed E-state index contributed by atoms with van der Waals surface area (Å²) in [6, 6.07) is 8.24. The first kappa shape index (κ1) is 18.5. The average Bonchev–Trinajstić information content (AvgIpc) is 2.94. The molecule has 0 saturated heterocycles. The molecular weight excluding hydrogens is 389 g/mol. The Kier molecular flexibility index (Phi) is 7.44. The molecule has 0 atom stereocenters. The zero-order valence-electron chi connectivity index (χ0n) is 13.6. The summed E-state index contributed by atoms with van der Waals surface area (Å²) in [5, 5.41) is 6.58. The Morgan fingerprint density at radius 1 is 1.09 bits per heavy atom. The molecule has 0 spiro atoms. The molecular formula is C17H24IN3O. The van der Waals surface area contributed by atoms with Crippen molar-refractivity contribution in [1.29, 1.82) is 0 Å². The van der Waals surface area contributed by atoms with Gasteiger partial charge >= 0.3 is 0 Å². The molecule has 1 aromatic carbocycles. The van der Waals surface area contributed by atoms with E-state index in [4.69, 9.17) is 4.42 Å². The van der Waals surface area contributed by atoms with Crippen molar-refractivity contribution < 1.29 is 4.42 Å². The molecule has 2 aromatic rings. The van der Waals surface area contributed by atoms with Gasteiger partial charge in [-0.05, 0) is 49.6 Å². The standard InChI is InChI=1S/C17H23N3O.HI/c1-12-8-13(2)16(14(3)9-12)11-20-17(18-4)19-10-15-6-5-7-21-15;/h5-9H,10-11H2,1-4H3,(H2,18,19,20);1H. The summed E-state index contributed by atoms with van der Waals surface area (Å²) in [5.41, 5.74) is 5.23. The zero-order chi connectivity index (χ0) is 15.2. The van der Waals surface area contributed by atoms with Crippen LogP contribution in [0.4, 0.5) is 0 Å². The minimum absolute atomic E-state index is 0. The molecule has 1 heterocycles. The molecule has 0 saturated carbocycles. The third-order valence-corrected chi connectivity index (χ3v) is 3.51. The molecule has 2 rings (SSSR count). The van der Waals surface area contributed by atoms with E-state index in [1.165, 1.54) is 22.3 Å². The molecule has 0 bridgehead atoms. The van der Waals surface area contributed by atoms with Crippen LogP contribution in [0, 0.1) is 20.8 Å². The van der Waals surface area contributed by atoms with Crippen molar-refractivity contribution in [3.8, 4) is 0 Å². The fourth-order valence-corrected chi connectivity index (χ4v) is 2.47. The van der Waals surface area contributed by atoms with Gasteiger partial charge in [-0.2, -0.15) is 0 Å². The first-order valence-electron chi connectivity index (χ1n) is 7.13. The van der Waals surface area contributed by atoms with Gasteiger partial charge in [-0.25, -0.2) is 0 Å². The number of hydrogen-bond acceptors (Lipinski definition) is 2. The van der Waals surface area contributed by atoms with Crippen LogP contribution in [0.15, 0.2) is 39.9 Å². The van der Waals surface area contributed by atoms with Crippen LogP contribution in [0.1, 0.15) is 28.0 Å². The van der Waals surface area contributed by atoms with Crippen molar-refractivity contribution >= 4 is 29.9 Å². The maximum atomic E-state index is 5.30. The van der Waals surface area contributed by atoms with Crippen LogP contribution in [-0.2, 0) is 13.1 Å². The fourth-order valence-electron chi connectivity index (χ4n) is 2.47. The van der Waals surface area contributed by atoms with E-state index in [0.717, 1.165) is 18.3 Å². The number of hydrogen-bond donors (Lipinski definition) is 2. The van der Waals surface area contributed by atoms with Crippen molar-refractivity contribution in [2.24, 2.45) is 4.99 Å². The van der Waals surface area contributed by atoms with E-state index in [2.05, 4.69) is 48.5 Å². The first-order chi connectivity index (χ1) is 10.1. The smallest absolute Gasteiger partial charge is 0.191 e. The molecule has 0 radical (unpaired) electrons. The van der Waals surface area contributed by atoms with Crippen molar-refractivity contribution in [3.63, 3.8) is 0 Å². The maximum Gasteiger partial charge on any atom is 0.191 e. The lowest BCUT2D eigenvalue weighted by atomic mass is 10.00. The second kappa shape index (κ2) is 8.82. The summed E-state index contributed by atoms with van der Waals surface area (Å²) >= 11 is 0. The molecule has 0 aliphatic carbocycles. The lowest BCUT2D eigenvalue weighted by Gasteiger charge is -2.15. The fraction of sp³-hybridized carbons (Fsp3) is 0.353. The van der Waals surface area contributed by atoms with Crippen LogP contribution < -0.4 is 10.6 Å². The number of rotatable bonds is 4. The van der Waals surface area contributed by atoms with E-state index < -0.39 is 0 Å². The Balaban J connectivity index is 0.00000242. The number of nitrogens with one attached hydrogen (secondary N) is 2. The largest absolute Gasteiger partial charge is 0.467 e. The quantitative estimate of drug-likeness (QED) is 0.457. The number of aliphatic imine (C=N–C) groups is 1. The summed E-state index contributed by atoms with van der Waals surface area (Å²) in [7, 11) is 1.77. The second-order valence-corrected chi connectivity index (χ2v) is 5.24. The van der Waals surface area contributed by atoms with Crippen LogP contribution in [0.25, 0.3) is 0 Å². The van der Waals surface area contributed by atoms with Crippen LogP contribution in [0.5, 0.6) is 0 Å². The van der Waals surface area contributed by atoms with Gasteiger partial charge in [-0.15, -0.1) is 24.0 Å². The number of aryl methyl sites for hydroxylation is 3. The van der Waals surface area contributed by atoms with E-state index in [-0.39, 0.29) is 24.0 Å². The van der Waals surface area contributed by atoms with Crippen LogP contribution in [-0.4, -0.2) is 13.0 Å². The van der Waals surface area contributed by atoms with Gasteiger partial charge in [0.05, 0.1) is 12.8 Å². The van der Waals surface area contributed by atoms with E-state index in [1.54, 1.807) is 13.3 Å². The van der Waals surface area contributed by atoms with E-state index in [0.29, 0.717) is 6.54 Å². The van der Waals surface area contributed by atoms with Crippen molar-refractivity contribution in [2.75, 3.05) is 7.05 Å². The number of nitrogens with zero attached hydrogens (tertiary/aromatic N) is 1. The Labute approximate surface area is 149 Å². The van der Waals surface area contributed by atoms with E-state index in [1.807, 2.05) is 12.1 Å². The first-order valence-corrected chi connectivity index (χ1v) is 7.13. The molecule has 0 amide bonds. The van der Waals surface area contributed by atoms with Crippen LogP contribution in [0.2, 0.25) is 0 Å². The van der Waals surface area contributed by atoms with Crippen molar-refractivity contribution in [1.82, 2.24) is 10.6 Å². The highest BCUT2D eigenvalue weighted by Gasteiger charge is 2.05. The Morgan fingerprint density at radius 3 is 2.27 bits per heavy atom. The average molecular weight is 413 g/mol. The van der Waals surface area contributed by atoms with Gasteiger partial charge in [0.2, 0.25) is 0 Å². The minimum atomic E-state index is 0. The van der Waals surface area contributed by atoms with Gasteiger partial charge in [-0.1, -0.05) is 17.7 Å². The van der Waals surface area contributed by atoms with Gasteiger partial charge in [-0.3, -0.25) is 4.99 Å². The highest BCUT2D eigenvalue weighted by molar-refractivity contribution is 14.0. The molecule has 22 heavy (non-hydrogen) atoms. The van der Waals surface area contributed by atoms with Gasteiger partial charge in [0.1, 0.15) is 5.76 Å². The van der Waals surface area contributed by atoms with Gasteiger partial charge < -0.3 is 15.1 Å². The summed E-state index contributed by atoms with van der Waals surface area (Å²) in [6.07, 6.45) is 1.67. The minimum Gasteiger partial charge on any atom is -0.467 e. The predicted octanol–water partition coefficient (Wildman–Crippen LogP) is 3.69. The van der Waals surface area contributed by atoms with E-state index in [9.17, 15) is 0 Å². The molecule has 0 fully saturated rings. The molecule has 4 nitrogen and oxygen atoms in total. The third-order valence-electron chi connectivity index (χ3n) is 3.51. The Morgan fingerprint density at radius 2 is 1.73 bits per heavy atom. The summed E-state index contributed by atoms with van der Waals surface area (Å²) in [4.78, 5) is 4.23. The Bertz CT molecular complexity index is 598. The van der Waals surface area contributed by atoms with E-state index >= 15 is 0 Å². The summed E-state index contributed by atoms with van der Waals surface area (Å²) in [6.45, 7) is 7.81. The van der Waals surface area contributed by atoms with Crippen molar-refractivity contribution in [2.45, 2.75) is 33.9 Å².